The molecule has 14 aliphatic carbocycles. The lowest BCUT2D eigenvalue weighted by Crippen LogP contribution is -3.26. The molecule has 2 N–H and O–H groups in total. The van der Waals surface area contributed by atoms with Gasteiger partial charge < -0.3 is 5.73 Å². The molecule has 1 heteroatoms. The van der Waals surface area contributed by atoms with Gasteiger partial charge in [0, 0.05) is 11.0 Å². The summed E-state index contributed by atoms with van der Waals surface area (Å²) in [5, 5.41) is 0. The summed E-state index contributed by atoms with van der Waals surface area (Å²) in [6, 6.07) is 0. The first-order valence-corrected chi connectivity index (χ1v) is 10.2. The zero-order chi connectivity index (χ0) is 13.7. The molecule has 0 saturated heterocycles. The SMILES string of the molecule is CC12C3(C)C4(C)C56C7CC8(N)C9C%10CC%11C%10%12C9%10C78C45C3%10C%121C%1126. The normalized spacial score (nSPS) is 127. The van der Waals surface area contributed by atoms with Crippen LogP contribution in [0.3, 0.4) is 0 Å². The number of rotatable bonds is 0. The fourth-order valence-corrected chi connectivity index (χ4v) is 21.3. The number of nitrogens with two attached hydrogens (primary N) is 1. The maximum atomic E-state index is 7.27. The summed E-state index contributed by atoms with van der Waals surface area (Å²) < 4.78 is 0. The summed E-state index contributed by atoms with van der Waals surface area (Å²) in [6.07, 6.45) is 3.13. The van der Waals surface area contributed by atoms with Crippen LogP contribution in [0.25, 0.3) is 0 Å². The highest BCUT2D eigenvalue weighted by atomic mass is 15.6. The fraction of sp³-hybridized carbons (Fsp3) is 1.00. The quantitative estimate of drug-likeness (QED) is 0.724. The van der Waals surface area contributed by atoms with Gasteiger partial charge in [0.2, 0.25) is 0 Å². The van der Waals surface area contributed by atoms with Gasteiger partial charge in [-0.1, -0.05) is 20.8 Å². The Kier molecular flexibility index (Phi) is 0.430. The number of hydrogen-bond donors (Lipinski definition) is 1. The van der Waals surface area contributed by atoms with Crippen LogP contribution in [0.4, 0.5) is 0 Å². The molecule has 22 heavy (non-hydrogen) atoms. The Balaban J connectivity index is 1.47. The predicted octanol–water partition coefficient (Wildman–Crippen LogP) is 2.02. The van der Waals surface area contributed by atoms with Crippen LogP contribution in [0.1, 0.15) is 33.6 Å². The lowest BCUT2D eigenvalue weighted by Gasteiger charge is -3.25. The van der Waals surface area contributed by atoms with Crippen molar-refractivity contribution in [1.82, 2.24) is 0 Å². The molecule has 108 valence electrons. The first-order valence-electron chi connectivity index (χ1n) is 10.2. The van der Waals surface area contributed by atoms with Crippen molar-refractivity contribution in [2.24, 2.45) is 89.0 Å². The number of fused-ring (bicyclic) bond motifs is 2. The second-order valence-corrected chi connectivity index (χ2v) is 13.4. The minimum atomic E-state index is 0.376. The van der Waals surface area contributed by atoms with Gasteiger partial charge in [0.15, 0.2) is 0 Å². The minimum Gasteiger partial charge on any atom is -0.324 e. The highest BCUT2D eigenvalue weighted by Gasteiger charge is 3.59. The van der Waals surface area contributed by atoms with Gasteiger partial charge in [0.25, 0.3) is 0 Å². The maximum Gasteiger partial charge on any atom is 0.0266 e. The largest absolute Gasteiger partial charge is 0.324 e. The Hall–Kier alpha value is -0.0400. The van der Waals surface area contributed by atoms with E-state index in [2.05, 4.69) is 20.8 Å². The molecule has 0 heterocycles. The van der Waals surface area contributed by atoms with Gasteiger partial charge in [0.1, 0.15) is 0 Å². The molecule has 16 unspecified atom stereocenters. The highest BCUT2D eigenvalue weighted by Crippen LogP contribution is 3.60. The molecule has 16 atom stereocenters. The highest BCUT2D eigenvalue weighted by molar-refractivity contribution is 6.04. The first kappa shape index (κ1) is 8.37. The average Bonchev–Trinajstić information content (AvgIpc) is 2.98. The van der Waals surface area contributed by atoms with Gasteiger partial charge in [-0.2, -0.15) is 0 Å². The summed E-state index contributed by atoms with van der Waals surface area (Å²) in [6.45, 7) is 8.49. The Bertz CT molecular complexity index is 1110. The Morgan fingerprint density at radius 1 is 0.773 bits per heavy atom. The summed E-state index contributed by atoms with van der Waals surface area (Å²) in [5.74, 6) is 4.53. The molecule has 0 bridgehead atoms. The third kappa shape index (κ3) is 0.158. The molecule has 1 nitrogen and oxygen atoms in total. The molecule has 0 radical (unpaired) electrons. The molecule has 0 aliphatic heterocycles. The van der Waals surface area contributed by atoms with E-state index in [1.807, 2.05) is 0 Å². The van der Waals surface area contributed by atoms with Crippen LogP contribution in [0.15, 0.2) is 0 Å². The fourth-order valence-electron chi connectivity index (χ4n) is 21.3. The summed E-state index contributed by atoms with van der Waals surface area (Å²) in [7, 11) is 0. The van der Waals surface area contributed by atoms with E-state index < -0.39 is 0 Å². The predicted molar refractivity (Wildman–Crippen MR) is 73.9 cm³/mol. The van der Waals surface area contributed by atoms with Gasteiger partial charge in [-0.15, -0.1) is 0 Å². The van der Waals surface area contributed by atoms with Crippen LogP contribution in [0.5, 0.6) is 0 Å². The first-order chi connectivity index (χ1) is 10.4. The van der Waals surface area contributed by atoms with E-state index in [4.69, 9.17) is 5.73 Å². The third-order valence-electron chi connectivity index (χ3n) is 17.6. The van der Waals surface area contributed by atoms with E-state index >= 15 is 0 Å². The zero-order valence-electron chi connectivity index (χ0n) is 13.3. The smallest absolute Gasteiger partial charge is 0.0266 e. The van der Waals surface area contributed by atoms with Gasteiger partial charge in [0.05, 0.1) is 0 Å². The maximum absolute atomic E-state index is 7.27. The zero-order valence-corrected chi connectivity index (χ0v) is 13.3. The van der Waals surface area contributed by atoms with Crippen molar-refractivity contribution in [3.8, 4) is 0 Å². The second-order valence-electron chi connectivity index (χ2n) is 13.4. The van der Waals surface area contributed by atoms with Crippen molar-refractivity contribution in [1.29, 1.82) is 0 Å². The van der Waals surface area contributed by atoms with E-state index in [0.717, 1.165) is 77.3 Å². The van der Waals surface area contributed by atoms with Gasteiger partial charge in [-0.25, -0.2) is 0 Å². The molecule has 0 amide bonds. The van der Waals surface area contributed by atoms with Crippen LogP contribution in [-0.4, -0.2) is 5.54 Å². The van der Waals surface area contributed by atoms with Crippen LogP contribution in [0, 0.1) is 83.2 Å². The van der Waals surface area contributed by atoms with Crippen molar-refractivity contribution < 1.29 is 0 Å². The van der Waals surface area contributed by atoms with E-state index in [-0.39, 0.29) is 0 Å². The van der Waals surface area contributed by atoms with Crippen LogP contribution in [0.2, 0.25) is 0 Å². The Morgan fingerprint density at radius 3 is 2.32 bits per heavy atom. The van der Waals surface area contributed by atoms with E-state index in [1.165, 1.54) is 12.3 Å². The lowest BCUT2D eigenvalue weighted by atomic mass is 8.77. The average molecular weight is 285 g/mol. The molecule has 0 aromatic heterocycles. The summed E-state index contributed by atoms with van der Waals surface area (Å²) in [4.78, 5) is 0. The van der Waals surface area contributed by atoms with E-state index in [9.17, 15) is 0 Å². The molecule has 14 fully saturated rings. The molecule has 0 aromatic carbocycles. The summed E-state index contributed by atoms with van der Waals surface area (Å²) in [5.41, 5.74) is 17.2. The second kappa shape index (κ2) is 1.13. The van der Waals surface area contributed by atoms with Crippen molar-refractivity contribution in [2.45, 2.75) is 39.2 Å². The molecule has 8 spiro atoms. The van der Waals surface area contributed by atoms with Crippen molar-refractivity contribution in [2.75, 3.05) is 0 Å². The molecule has 14 saturated carbocycles. The van der Waals surface area contributed by atoms with Crippen molar-refractivity contribution in [3.05, 3.63) is 0 Å². The van der Waals surface area contributed by atoms with Gasteiger partial charge in [-0.05, 0) is 90.7 Å². The third-order valence-corrected chi connectivity index (χ3v) is 17.6. The standard InChI is InChI=1S/C21H19N/c1-10-11(2)15-7-4-6-9-13(22)5-8-16(15)12(10,3)20(16)17(8,13)18(9)14(6,7)19(11,15)21(10,18)20/h6-9H,4-5,22H2,1-3H3. The van der Waals surface area contributed by atoms with Gasteiger partial charge >= 0.3 is 0 Å². The van der Waals surface area contributed by atoms with Crippen LogP contribution < -0.4 is 5.73 Å². The summed E-state index contributed by atoms with van der Waals surface area (Å²) >= 11 is 0. The molecule has 14 rings (SSSR count). The van der Waals surface area contributed by atoms with Gasteiger partial charge in [-0.3, -0.25) is 0 Å². The monoisotopic (exact) mass is 285 g/mol. The van der Waals surface area contributed by atoms with E-state index in [1.54, 1.807) is 6.42 Å². The minimum absolute atomic E-state index is 0.376. The number of hydrogen-bond acceptors (Lipinski definition) is 1. The molecule has 0 aromatic rings. The van der Waals surface area contributed by atoms with Crippen LogP contribution >= 0.6 is 0 Å². The Morgan fingerprint density at radius 2 is 1.50 bits per heavy atom. The Labute approximate surface area is 128 Å². The molecule has 14 aliphatic rings. The van der Waals surface area contributed by atoms with E-state index in [0.29, 0.717) is 5.54 Å². The van der Waals surface area contributed by atoms with Crippen molar-refractivity contribution in [3.63, 3.8) is 0 Å². The topological polar surface area (TPSA) is 26.0 Å². The lowest BCUT2D eigenvalue weighted by molar-refractivity contribution is -0.794. The van der Waals surface area contributed by atoms with Crippen molar-refractivity contribution >= 4 is 0 Å². The molecular weight excluding hydrogens is 266 g/mol. The molecular formula is C21H19N. The van der Waals surface area contributed by atoms with Crippen LogP contribution in [-0.2, 0) is 0 Å².